The number of nitrogens with zero attached hydrogens (tertiary/aromatic N) is 1. The highest BCUT2D eigenvalue weighted by Gasteiger charge is 2.33. The van der Waals surface area contributed by atoms with Crippen LogP contribution in [0, 0.1) is 5.41 Å². The van der Waals surface area contributed by atoms with Crippen molar-refractivity contribution in [3.05, 3.63) is 51.6 Å². The lowest BCUT2D eigenvalue weighted by molar-refractivity contribution is -0.144. The number of carbonyl (C=O) groups is 2. The molecule has 0 amide bonds. The van der Waals surface area contributed by atoms with Crippen LogP contribution in [0.5, 0.6) is 0 Å². The number of ether oxygens (including phenoxy) is 2. The van der Waals surface area contributed by atoms with E-state index in [2.05, 4.69) is 15.9 Å². The Morgan fingerprint density at radius 2 is 1.50 bits per heavy atom. The van der Waals surface area contributed by atoms with E-state index in [1.807, 2.05) is 51.1 Å². The molecule has 1 rings (SSSR count). The number of halogens is 4. The molecular formula is C23H29BrF3NO4. The zero-order valence-corrected chi connectivity index (χ0v) is 20.7. The van der Waals surface area contributed by atoms with Gasteiger partial charge in [0.05, 0.1) is 19.9 Å². The van der Waals surface area contributed by atoms with E-state index in [-0.39, 0.29) is 18.7 Å². The molecule has 0 aliphatic rings. The second-order valence-corrected chi connectivity index (χ2v) is 8.95. The number of hydrogen-bond acceptors (Lipinski definition) is 5. The number of esters is 2. The van der Waals surface area contributed by atoms with E-state index < -0.39 is 35.5 Å². The Balaban J connectivity index is 3.83. The molecule has 0 aliphatic carbocycles. The summed E-state index contributed by atoms with van der Waals surface area (Å²) in [5.41, 5.74) is 0.798. The molecule has 0 saturated carbocycles. The molecule has 0 atom stereocenters. The molecule has 0 aliphatic heterocycles. The highest BCUT2D eigenvalue weighted by molar-refractivity contribution is 9.12. The number of allylic oxidation sites excluding steroid dienone is 2. The Morgan fingerprint density at radius 3 is 1.91 bits per heavy atom. The largest absolute Gasteiger partial charge is 0.465 e. The number of hydrogen-bond donors (Lipinski definition) is 0. The summed E-state index contributed by atoms with van der Waals surface area (Å²) in [7, 11) is 3.75. The third-order valence-electron chi connectivity index (χ3n) is 4.59. The third-order valence-corrected chi connectivity index (χ3v) is 5.36. The summed E-state index contributed by atoms with van der Waals surface area (Å²) in [6.45, 7) is 5.79. The molecule has 32 heavy (non-hydrogen) atoms. The summed E-state index contributed by atoms with van der Waals surface area (Å²) < 4.78 is 48.1. The molecule has 0 saturated heterocycles. The summed E-state index contributed by atoms with van der Waals surface area (Å²) in [6, 6.07) is 9.29. The van der Waals surface area contributed by atoms with Crippen molar-refractivity contribution in [2.24, 2.45) is 5.41 Å². The van der Waals surface area contributed by atoms with Crippen LogP contribution in [0.3, 0.4) is 0 Å². The minimum absolute atomic E-state index is 0.0619. The number of likely N-dealkylation sites (N-methyl/N-ethyl adjacent to an activating group) is 1. The van der Waals surface area contributed by atoms with E-state index >= 15 is 0 Å². The average molecular weight is 520 g/mol. The summed E-state index contributed by atoms with van der Waals surface area (Å²) in [5, 5.41) is 0. The molecule has 0 N–H and O–H groups in total. The molecule has 9 heteroatoms. The zero-order chi connectivity index (χ0) is 24.7. The molecule has 1 aromatic carbocycles. The van der Waals surface area contributed by atoms with Gasteiger partial charge in [-0.05, 0) is 38.9 Å². The Morgan fingerprint density at radius 1 is 1.00 bits per heavy atom. The number of alkyl halides is 3. The van der Waals surface area contributed by atoms with Crippen molar-refractivity contribution in [1.29, 1.82) is 0 Å². The van der Waals surface area contributed by atoms with E-state index in [4.69, 9.17) is 9.47 Å². The molecule has 0 spiro atoms. The van der Waals surface area contributed by atoms with E-state index in [0.717, 1.165) is 25.4 Å². The first-order chi connectivity index (χ1) is 14.7. The maximum Gasteiger partial charge on any atom is 0.389 e. The van der Waals surface area contributed by atoms with Gasteiger partial charge < -0.3 is 14.4 Å². The van der Waals surface area contributed by atoms with Gasteiger partial charge in [-0.25, -0.2) is 9.59 Å². The average Bonchev–Trinajstić information content (AvgIpc) is 2.69. The number of benzene rings is 1. The fourth-order valence-electron chi connectivity index (χ4n) is 3.19. The highest BCUT2D eigenvalue weighted by Crippen LogP contribution is 2.42. The number of methoxy groups -OCH3 is 2. The second-order valence-electron chi connectivity index (χ2n) is 8.15. The molecule has 0 radical (unpaired) electrons. The van der Waals surface area contributed by atoms with Gasteiger partial charge >= 0.3 is 18.1 Å². The lowest BCUT2D eigenvalue weighted by Crippen LogP contribution is -2.29. The molecule has 0 bridgehead atoms. The van der Waals surface area contributed by atoms with Crippen LogP contribution in [0.2, 0.25) is 0 Å². The first-order valence-electron chi connectivity index (χ1n) is 9.89. The van der Waals surface area contributed by atoms with E-state index in [1.165, 1.54) is 11.9 Å². The van der Waals surface area contributed by atoms with Crippen molar-refractivity contribution >= 4 is 33.4 Å². The van der Waals surface area contributed by atoms with Gasteiger partial charge in [0.1, 0.15) is 0 Å². The molecule has 0 heterocycles. The Hall–Kier alpha value is -2.29. The molecular weight excluding hydrogens is 491 g/mol. The Bertz CT molecular complexity index is 853. The first kappa shape index (κ1) is 27.7. The monoisotopic (exact) mass is 519 g/mol. The minimum atomic E-state index is -4.31. The number of rotatable bonds is 8. The fourth-order valence-corrected chi connectivity index (χ4v) is 4.51. The van der Waals surface area contributed by atoms with Crippen LogP contribution in [0.25, 0.3) is 5.57 Å². The second kappa shape index (κ2) is 11.5. The standard InChI is InChI=1S/C23H29BrF3NO4/c1-22(2,3)17(15-11-8-7-9-12-15)18(24)19(16(20(29)31-5)21(30)32-6)28(4)14-10-13-23(25,26)27/h7-9,11-12H,10,13-14H2,1-6H3/b18-17+. The van der Waals surface area contributed by atoms with Gasteiger partial charge in [-0.15, -0.1) is 0 Å². The smallest absolute Gasteiger partial charge is 0.389 e. The molecule has 178 valence electrons. The summed E-state index contributed by atoms with van der Waals surface area (Å²) >= 11 is 3.55. The molecule has 1 aromatic rings. The van der Waals surface area contributed by atoms with Crippen LogP contribution >= 0.6 is 15.9 Å². The predicted octanol–water partition coefficient (Wildman–Crippen LogP) is 5.71. The van der Waals surface area contributed by atoms with E-state index in [1.54, 1.807) is 0 Å². The zero-order valence-electron chi connectivity index (χ0n) is 19.1. The highest BCUT2D eigenvalue weighted by atomic mass is 79.9. The summed E-state index contributed by atoms with van der Waals surface area (Å²) in [6.07, 6.45) is -5.54. The van der Waals surface area contributed by atoms with Gasteiger partial charge in [0, 0.05) is 24.5 Å². The van der Waals surface area contributed by atoms with Crippen LogP contribution in [0.4, 0.5) is 13.2 Å². The van der Waals surface area contributed by atoms with Gasteiger partial charge in [0.15, 0.2) is 5.57 Å². The third kappa shape index (κ3) is 7.69. The summed E-state index contributed by atoms with van der Waals surface area (Å²) in [4.78, 5) is 26.6. The van der Waals surface area contributed by atoms with Crippen molar-refractivity contribution in [3.63, 3.8) is 0 Å². The molecule has 5 nitrogen and oxygen atoms in total. The lowest BCUT2D eigenvalue weighted by atomic mass is 9.81. The molecule has 0 fully saturated rings. The van der Waals surface area contributed by atoms with Crippen LogP contribution in [0.15, 0.2) is 46.1 Å². The van der Waals surface area contributed by atoms with Crippen LogP contribution in [0.1, 0.15) is 39.2 Å². The Kier molecular flexibility index (Phi) is 10.0. The van der Waals surface area contributed by atoms with E-state index in [0.29, 0.717) is 4.48 Å². The van der Waals surface area contributed by atoms with Gasteiger partial charge in [-0.1, -0.05) is 51.1 Å². The molecule has 0 unspecified atom stereocenters. The van der Waals surface area contributed by atoms with Crippen molar-refractivity contribution < 1.29 is 32.2 Å². The Labute approximate surface area is 195 Å². The van der Waals surface area contributed by atoms with Gasteiger partial charge in [0.2, 0.25) is 0 Å². The molecule has 0 aromatic heterocycles. The SMILES string of the molecule is COC(=O)C(C(=O)OC)=C(/C(Br)=C(/c1ccccc1)C(C)(C)C)N(C)CCCC(F)(F)F. The van der Waals surface area contributed by atoms with Crippen molar-refractivity contribution in [3.8, 4) is 0 Å². The topological polar surface area (TPSA) is 55.8 Å². The maximum atomic E-state index is 12.7. The van der Waals surface area contributed by atoms with Gasteiger partial charge in [-0.2, -0.15) is 13.2 Å². The van der Waals surface area contributed by atoms with Crippen LogP contribution in [-0.4, -0.2) is 50.8 Å². The quantitative estimate of drug-likeness (QED) is 0.145. The van der Waals surface area contributed by atoms with Gasteiger partial charge in [0.25, 0.3) is 0 Å². The maximum absolute atomic E-state index is 12.7. The van der Waals surface area contributed by atoms with Crippen LogP contribution < -0.4 is 0 Å². The van der Waals surface area contributed by atoms with Crippen molar-refractivity contribution in [2.45, 2.75) is 39.8 Å². The van der Waals surface area contributed by atoms with Gasteiger partial charge in [-0.3, -0.25) is 0 Å². The minimum Gasteiger partial charge on any atom is -0.465 e. The number of carbonyl (C=O) groups excluding carboxylic acids is 2. The van der Waals surface area contributed by atoms with Crippen LogP contribution in [-0.2, 0) is 19.1 Å². The summed E-state index contributed by atoms with van der Waals surface area (Å²) in [5.74, 6) is -1.90. The van der Waals surface area contributed by atoms with Crippen molar-refractivity contribution in [1.82, 2.24) is 4.90 Å². The predicted molar refractivity (Wildman–Crippen MR) is 121 cm³/mol. The fraction of sp³-hybridized carbons (Fsp3) is 0.478. The van der Waals surface area contributed by atoms with E-state index in [9.17, 15) is 22.8 Å². The lowest BCUT2D eigenvalue weighted by Gasteiger charge is -2.31. The normalized spacial score (nSPS) is 12.6. The van der Waals surface area contributed by atoms with Crippen molar-refractivity contribution in [2.75, 3.05) is 27.8 Å². The first-order valence-corrected chi connectivity index (χ1v) is 10.7.